The third-order valence-corrected chi connectivity index (χ3v) is 7.35. The average Bonchev–Trinajstić information content (AvgIpc) is 3.30. The first-order valence-corrected chi connectivity index (χ1v) is 12.7. The van der Waals surface area contributed by atoms with Gasteiger partial charge in [0.15, 0.2) is 5.82 Å². The Kier molecular flexibility index (Phi) is 7.34. The number of aromatic nitrogens is 2. The molecule has 1 aliphatic heterocycles. The first kappa shape index (κ1) is 22.8. The van der Waals surface area contributed by atoms with Crippen LogP contribution in [0.5, 0.6) is 0 Å². The van der Waals surface area contributed by atoms with Gasteiger partial charge in [0, 0.05) is 24.8 Å². The number of nitrogens with zero attached hydrogens (tertiary/aromatic N) is 3. The van der Waals surface area contributed by atoms with Gasteiger partial charge in [-0.15, -0.1) is 0 Å². The predicted octanol–water partition coefficient (Wildman–Crippen LogP) is 4.89. The van der Waals surface area contributed by atoms with Crippen molar-refractivity contribution in [1.82, 2.24) is 20.4 Å². The number of piperidine rings is 1. The van der Waals surface area contributed by atoms with Crippen molar-refractivity contribution in [2.75, 3.05) is 19.6 Å². The molecule has 1 saturated heterocycles. The third kappa shape index (κ3) is 5.73. The molecular weight excluding hydrogens is 424 g/mol. The second kappa shape index (κ2) is 11.0. The Hall–Kier alpha value is -2.99. The third-order valence-electron chi connectivity index (χ3n) is 7.35. The van der Waals surface area contributed by atoms with Crippen LogP contribution in [0.25, 0.3) is 0 Å². The van der Waals surface area contributed by atoms with Crippen molar-refractivity contribution < 1.29 is 9.32 Å². The maximum atomic E-state index is 12.6. The summed E-state index contributed by atoms with van der Waals surface area (Å²) in [5.41, 5.74) is 2.39. The molecule has 3 aromatic rings. The zero-order chi connectivity index (χ0) is 23.2. The Balaban J connectivity index is 1.12. The van der Waals surface area contributed by atoms with Crippen LogP contribution in [0.15, 0.2) is 65.2 Å². The number of amides is 1. The van der Waals surface area contributed by atoms with Crippen LogP contribution in [0.4, 0.5) is 0 Å². The lowest BCUT2D eigenvalue weighted by Crippen LogP contribution is -2.39. The molecule has 1 saturated carbocycles. The minimum atomic E-state index is 0.0727. The molecule has 1 N–H and O–H groups in total. The molecule has 6 heteroatoms. The fraction of sp³-hybridized carbons (Fsp3) is 0.464. The lowest BCUT2D eigenvalue weighted by molar-refractivity contribution is -0.128. The molecule has 2 fully saturated rings. The summed E-state index contributed by atoms with van der Waals surface area (Å²) in [5, 5.41) is 7.55. The van der Waals surface area contributed by atoms with E-state index >= 15 is 0 Å². The van der Waals surface area contributed by atoms with Crippen LogP contribution in [-0.2, 0) is 11.2 Å². The van der Waals surface area contributed by atoms with Crippen molar-refractivity contribution in [3.8, 4) is 0 Å². The molecule has 0 spiro atoms. The zero-order valence-electron chi connectivity index (χ0n) is 19.7. The summed E-state index contributed by atoms with van der Waals surface area (Å²) in [4.78, 5) is 19.8. The number of benzene rings is 2. The molecule has 178 valence electrons. The van der Waals surface area contributed by atoms with Crippen molar-refractivity contribution in [3.05, 3.63) is 83.5 Å². The van der Waals surface area contributed by atoms with E-state index in [0.717, 1.165) is 63.5 Å². The highest BCUT2D eigenvalue weighted by atomic mass is 16.5. The van der Waals surface area contributed by atoms with Gasteiger partial charge >= 0.3 is 0 Å². The zero-order valence-corrected chi connectivity index (χ0v) is 19.7. The second-order valence-corrected chi connectivity index (χ2v) is 9.72. The lowest BCUT2D eigenvalue weighted by atomic mass is 9.84. The fourth-order valence-electron chi connectivity index (χ4n) is 4.97. The van der Waals surface area contributed by atoms with Crippen LogP contribution < -0.4 is 5.32 Å². The quantitative estimate of drug-likeness (QED) is 0.494. The highest BCUT2D eigenvalue weighted by Crippen LogP contribution is 2.30. The van der Waals surface area contributed by atoms with E-state index in [1.807, 2.05) is 24.3 Å². The van der Waals surface area contributed by atoms with Gasteiger partial charge in [-0.3, -0.25) is 4.79 Å². The monoisotopic (exact) mass is 458 g/mol. The molecule has 34 heavy (non-hydrogen) atoms. The Labute approximate surface area is 201 Å². The smallest absolute Gasteiger partial charge is 0.229 e. The molecule has 5 rings (SSSR count). The van der Waals surface area contributed by atoms with Crippen LogP contribution in [0, 0.1) is 5.92 Å². The van der Waals surface area contributed by atoms with Gasteiger partial charge in [0.05, 0.1) is 6.04 Å². The van der Waals surface area contributed by atoms with E-state index in [1.165, 1.54) is 17.5 Å². The van der Waals surface area contributed by atoms with E-state index < -0.39 is 0 Å². The molecule has 2 heterocycles. The molecule has 2 aliphatic rings. The Morgan fingerprint density at radius 3 is 2.38 bits per heavy atom. The van der Waals surface area contributed by atoms with Crippen LogP contribution in [0.3, 0.4) is 0 Å². The normalized spacial score (nSPS) is 18.4. The minimum Gasteiger partial charge on any atom is -0.349 e. The number of carbonyl (C=O) groups is 1. The largest absolute Gasteiger partial charge is 0.349 e. The molecule has 1 amide bonds. The van der Waals surface area contributed by atoms with Crippen molar-refractivity contribution in [2.24, 2.45) is 5.92 Å². The number of likely N-dealkylation sites (tertiary alicyclic amines) is 1. The van der Waals surface area contributed by atoms with Gasteiger partial charge in [0.2, 0.25) is 11.8 Å². The molecule has 1 aliphatic carbocycles. The molecule has 2 aromatic carbocycles. The average molecular weight is 459 g/mol. The maximum Gasteiger partial charge on any atom is 0.229 e. The highest BCUT2D eigenvalue weighted by molar-refractivity contribution is 5.79. The molecule has 1 aromatic heterocycles. The lowest BCUT2D eigenvalue weighted by Gasteiger charge is -2.32. The van der Waals surface area contributed by atoms with E-state index in [2.05, 4.69) is 56.8 Å². The summed E-state index contributed by atoms with van der Waals surface area (Å²) >= 11 is 0. The number of hydrogen-bond donors (Lipinski definition) is 1. The van der Waals surface area contributed by atoms with Crippen molar-refractivity contribution >= 4 is 5.91 Å². The Morgan fingerprint density at radius 2 is 1.71 bits per heavy atom. The van der Waals surface area contributed by atoms with Crippen molar-refractivity contribution in [3.63, 3.8) is 0 Å². The van der Waals surface area contributed by atoms with Gasteiger partial charge in [-0.2, -0.15) is 4.98 Å². The standard InChI is InChI=1S/C28H34N4O2/c33-27(23-12-7-13-23)29-25(22-10-5-2-6-11-22)16-19-32-17-14-24(15-18-32)28-30-26(31-34-28)20-21-8-3-1-4-9-21/h1-6,8-11,23-25H,7,12-20H2,(H,29,33)/t25-/m0/s1. The number of rotatable bonds is 9. The van der Waals surface area contributed by atoms with Gasteiger partial charge in [-0.1, -0.05) is 72.2 Å². The molecule has 1 atom stereocenters. The van der Waals surface area contributed by atoms with Crippen LogP contribution >= 0.6 is 0 Å². The summed E-state index contributed by atoms with van der Waals surface area (Å²) in [6.07, 6.45) is 6.92. The summed E-state index contributed by atoms with van der Waals surface area (Å²) in [6.45, 7) is 3.00. The number of hydrogen-bond acceptors (Lipinski definition) is 5. The van der Waals surface area contributed by atoms with E-state index in [1.54, 1.807) is 0 Å². The number of carbonyl (C=O) groups excluding carboxylic acids is 1. The molecule has 6 nitrogen and oxygen atoms in total. The highest BCUT2D eigenvalue weighted by Gasteiger charge is 2.29. The van der Waals surface area contributed by atoms with Gasteiger partial charge in [-0.25, -0.2) is 0 Å². The van der Waals surface area contributed by atoms with Crippen LogP contribution in [-0.4, -0.2) is 40.6 Å². The van der Waals surface area contributed by atoms with Gasteiger partial charge in [-0.05, 0) is 56.3 Å². The summed E-state index contributed by atoms with van der Waals surface area (Å²) < 4.78 is 5.62. The second-order valence-electron chi connectivity index (χ2n) is 9.72. The van der Waals surface area contributed by atoms with E-state index in [4.69, 9.17) is 4.52 Å². The molecular formula is C28H34N4O2. The maximum absolute atomic E-state index is 12.6. The first-order valence-electron chi connectivity index (χ1n) is 12.7. The van der Waals surface area contributed by atoms with Gasteiger partial charge in [0.25, 0.3) is 0 Å². The summed E-state index contributed by atoms with van der Waals surface area (Å²) in [6, 6.07) is 20.7. The van der Waals surface area contributed by atoms with E-state index in [0.29, 0.717) is 12.3 Å². The SMILES string of the molecule is O=C(N[C@@H](CCN1CCC(c2nc(Cc3ccccc3)no2)CC1)c1ccccc1)C1CCC1. The van der Waals surface area contributed by atoms with E-state index in [9.17, 15) is 4.79 Å². The van der Waals surface area contributed by atoms with Crippen molar-refractivity contribution in [2.45, 2.75) is 56.9 Å². The van der Waals surface area contributed by atoms with Gasteiger partial charge in [0.1, 0.15) is 0 Å². The molecule has 0 bridgehead atoms. The summed E-state index contributed by atoms with van der Waals surface area (Å²) in [7, 11) is 0. The van der Waals surface area contributed by atoms with Gasteiger partial charge < -0.3 is 14.7 Å². The first-order chi connectivity index (χ1) is 16.7. The van der Waals surface area contributed by atoms with E-state index in [-0.39, 0.29) is 17.9 Å². The Bertz CT molecular complexity index is 1040. The molecule has 0 unspecified atom stereocenters. The molecule has 0 radical (unpaired) electrons. The van der Waals surface area contributed by atoms with Crippen LogP contribution in [0.2, 0.25) is 0 Å². The van der Waals surface area contributed by atoms with Crippen LogP contribution in [0.1, 0.15) is 73.3 Å². The summed E-state index contributed by atoms with van der Waals surface area (Å²) in [5.74, 6) is 2.30. The minimum absolute atomic E-state index is 0.0727. The van der Waals surface area contributed by atoms with Crippen molar-refractivity contribution in [1.29, 1.82) is 0 Å². The topological polar surface area (TPSA) is 71.3 Å². The fourth-order valence-corrected chi connectivity index (χ4v) is 4.97. The Morgan fingerprint density at radius 1 is 1.00 bits per heavy atom. The number of nitrogens with one attached hydrogen (secondary N) is 1. The predicted molar refractivity (Wildman–Crippen MR) is 131 cm³/mol.